The fraction of sp³-hybridized carbons (Fsp3) is 0.667. The molecule has 0 spiro atoms. The van der Waals surface area contributed by atoms with Gasteiger partial charge >= 0.3 is 0 Å². The summed E-state index contributed by atoms with van der Waals surface area (Å²) in [6.45, 7) is 6.96. The predicted octanol–water partition coefficient (Wildman–Crippen LogP) is 2.96. The van der Waals surface area contributed by atoms with Gasteiger partial charge in [-0.25, -0.2) is 17.7 Å². The number of guanidine groups is 1. The van der Waals surface area contributed by atoms with Gasteiger partial charge in [0, 0.05) is 31.2 Å². The smallest absolute Gasteiger partial charge is 0.213 e. The lowest BCUT2D eigenvalue weighted by Gasteiger charge is -2.32. The van der Waals surface area contributed by atoms with Crippen LogP contribution < -0.4 is 15.4 Å². The number of sulfonamides is 1. The van der Waals surface area contributed by atoms with E-state index in [1.807, 2.05) is 25.1 Å². The van der Waals surface area contributed by atoms with Gasteiger partial charge in [-0.3, -0.25) is 0 Å². The van der Waals surface area contributed by atoms with Crippen molar-refractivity contribution in [1.82, 2.24) is 14.9 Å². The molecule has 1 aliphatic carbocycles. The molecule has 1 aromatic rings. The molecule has 0 aromatic heterocycles. The number of nitrogens with zero attached hydrogens (tertiary/aromatic N) is 2. The van der Waals surface area contributed by atoms with Crippen LogP contribution in [-0.4, -0.2) is 56.7 Å². The quantitative estimate of drug-likeness (QED) is 0.281. The van der Waals surface area contributed by atoms with Crippen molar-refractivity contribution < 1.29 is 13.2 Å². The topological polar surface area (TPSA) is 83.0 Å². The summed E-state index contributed by atoms with van der Waals surface area (Å²) in [7, 11) is -3.10. The first-order valence-electron chi connectivity index (χ1n) is 10.7. The monoisotopic (exact) mass is 550 g/mol. The minimum atomic E-state index is -3.10. The van der Waals surface area contributed by atoms with E-state index in [0.29, 0.717) is 25.6 Å². The normalized spacial score (nSPS) is 18.5. The Kier molecular flexibility index (Phi) is 10.2. The zero-order valence-corrected chi connectivity index (χ0v) is 21.1. The Bertz CT molecular complexity index is 791. The third kappa shape index (κ3) is 7.56. The first-order valence-corrected chi connectivity index (χ1v) is 12.4. The number of hydrogen-bond donors (Lipinski definition) is 2. The summed E-state index contributed by atoms with van der Waals surface area (Å²) >= 11 is 0. The van der Waals surface area contributed by atoms with Crippen molar-refractivity contribution in [3.8, 4) is 5.75 Å². The summed E-state index contributed by atoms with van der Waals surface area (Å²) in [6.07, 6.45) is 4.11. The number of piperidine rings is 1. The van der Waals surface area contributed by atoms with Crippen molar-refractivity contribution in [2.24, 2.45) is 10.9 Å². The number of nitrogens with one attached hydrogen (secondary N) is 2. The van der Waals surface area contributed by atoms with Crippen LogP contribution in [0.5, 0.6) is 5.75 Å². The minimum absolute atomic E-state index is 0. The number of aliphatic imine (C=N–C) groups is 1. The van der Waals surface area contributed by atoms with Crippen molar-refractivity contribution >= 4 is 40.0 Å². The molecule has 0 atom stereocenters. The number of ether oxygens (including phenoxy) is 1. The Balaban J connectivity index is 0.00000320. The highest BCUT2D eigenvalue weighted by Gasteiger charge is 2.27. The van der Waals surface area contributed by atoms with Crippen molar-refractivity contribution in [2.45, 2.75) is 52.1 Å². The predicted molar refractivity (Wildman–Crippen MR) is 132 cm³/mol. The zero-order chi connectivity index (χ0) is 20.7. The number of halogens is 1. The minimum Gasteiger partial charge on any atom is -0.493 e. The average Bonchev–Trinajstić information content (AvgIpc) is 3.56. The molecule has 1 heterocycles. The Hall–Kier alpha value is -1.07. The van der Waals surface area contributed by atoms with Crippen LogP contribution in [0.2, 0.25) is 0 Å². The van der Waals surface area contributed by atoms with Crippen LogP contribution in [0.3, 0.4) is 0 Å². The second kappa shape index (κ2) is 12.1. The molecule has 2 N–H and O–H groups in total. The van der Waals surface area contributed by atoms with Crippen molar-refractivity contribution in [3.05, 3.63) is 29.8 Å². The van der Waals surface area contributed by atoms with Crippen LogP contribution in [-0.2, 0) is 16.6 Å². The molecule has 170 valence electrons. The lowest BCUT2D eigenvalue weighted by atomic mass is 10.1. The van der Waals surface area contributed by atoms with Gasteiger partial charge < -0.3 is 15.4 Å². The van der Waals surface area contributed by atoms with E-state index in [0.717, 1.165) is 43.3 Å². The average molecular weight is 551 g/mol. The van der Waals surface area contributed by atoms with Crippen LogP contribution in [0.25, 0.3) is 0 Å². The Labute approximate surface area is 198 Å². The molecule has 0 unspecified atom stereocenters. The van der Waals surface area contributed by atoms with E-state index in [-0.39, 0.29) is 35.8 Å². The Morgan fingerprint density at radius 1 is 1.17 bits per heavy atom. The number of benzene rings is 1. The maximum absolute atomic E-state index is 12.0. The van der Waals surface area contributed by atoms with Gasteiger partial charge in [0.25, 0.3) is 0 Å². The highest BCUT2D eigenvalue weighted by Crippen LogP contribution is 2.30. The summed E-state index contributed by atoms with van der Waals surface area (Å²) in [4.78, 5) is 4.75. The fourth-order valence-corrected chi connectivity index (χ4v) is 4.54. The van der Waals surface area contributed by atoms with E-state index >= 15 is 0 Å². The van der Waals surface area contributed by atoms with E-state index < -0.39 is 10.0 Å². The first kappa shape index (κ1) is 25.2. The molecule has 1 saturated heterocycles. The second-order valence-electron chi connectivity index (χ2n) is 7.78. The molecule has 0 bridgehead atoms. The molecule has 1 aromatic carbocycles. The zero-order valence-electron chi connectivity index (χ0n) is 18.0. The van der Waals surface area contributed by atoms with E-state index in [2.05, 4.69) is 16.7 Å². The molecule has 2 aliphatic rings. The van der Waals surface area contributed by atoms with Gasteiger partial charge in [-0.05, 0) is 51.5 Å². The maximum atomic E-state index is 12.0. The molecular weight excluding hydrogens is 515 g/mol. The van der Waals surface area contributed by atoms with Crippen molar-refractivity contribution in [2.75, 3.05) is 32.0 Å². The molecule has 1 saturated carbocycles. The van der Waals surface area contributed by atoms with Crippen molar-refractivity contribution in [3.63, 3.8) is 0 Å². The second-order valence-corrected chi connectivity index (χ2v) is 10.0. The number of hydrogen-bond acceptors (Lipinski definition) is 4. The molecule has 30 heavy (non-hydrogen) atoms. The van der Waals surface area contributed by atoms with Gasteiger partial charge in [-0.15, -0.1) is 24.0 Å². The molecular formula is C21H35IN4O3S. The summed E-state index contributed by atoms with van der Waals surface area (Å²) in [5.74, 6) is 2.56. The summed E-state index contributed by atoms with van der Waals surface area (Å²) in [5.41, 5.74) is 1.08. The van der Waals surface area contributed by atoms with Crippen LogP contribution >= 0.6 is 24.0 Å². The van der Waals surface area contributed by atoms with Gasteiger partial charge in [0.2, 0.25) is 10.0 Å². The van der Waals surface area contributed by atoms with Gasteiger partial charge in [-0.2, -0.15) is 0 Å². The Morgan fingerprint density at radius 2 is 1.87 bits per heavy atom. The SMILES string of the molecule is CCNC(=NCc1ccccc1OCC1CC1)NC1CCN(S(=O)(=O)CC)CC1.I. The lowest BCUT2D eigenvalue weighted by Crippen LogP contribution is -2.50. The molecule has 7 nitrogen and oxygen atoms in total. The van der Waals surface area contributed by atoms with E-state index in [9.17, 15) is 8.42 Å². The maximum Gasteiger partial charge on any atom is 0.213 e. The highest BCUT2D eigenvalue weighted by atomic mass is 127. The highest BCUT2D eigenvalue weighted by molar-refractivity contribution is 14.0. The van der Waals surface area contributed by atoms with Crippen LogP contribution in [0.1, 0.15) is 45.1 Å². The number of rotatable bonds is 9. The largest absolute Gasteiger partial charge is 0.493 e. The molecule has 0 amide bonds. The molecule has 3 rings (SSSR count). The van der Waals surface area contributed by atoms with Gasteiger partial charge in [0.05, 0.1) is 18.9 Å². The third-order valence-corrected chi connectivity index (χ3v) is 7.33. The third-order valence-electron chi connectivity index (χ3n) is 5.45. The molecule has 9 heteroatoms. The number of para-hydroxylation sites is 1. The summed E-state index contributed by atoms with van der Waals surface area (Å²) in [5, 5.41) is 6.77. The van der Waals surface area contributed by atoms with Gasteiger partial charge in [0.15, 0.2) is 5.96 Å². The van der Waals surface area contributed by atoms with Crippen LogP contribution in [0.4, 0.5) is 0 Å². The summed E-state index contributed by atoms with van der Waals surface area (Å²) in [6, 6.07) is 8.30. The molecule has 1 aliphatic heterocycles. The molecule has 2 fully saturated rings. The van der Waals surface area contributed by atoms with Gasteiger partial charge in [0.1, 0.15) is 5.75 Å². The first-order chi connectivity index (χ1) is 14.0. The van der Waals surface area contributed by atoms with Crippen LogP contribution in [0, 0.1) is 5.92 Å². The fourth-order valence-electron chi connectivity index (χ4n) is 3.41. The van der Waals surface area contributed by atoms with E-state index in [4.69, 9.17) is 9.73 Å². The van der Waals surface area contributed by atoms with Crippen molar-refractivity contribution in [1.29, 1.82) is 0 Å². The standard InChI is InChI=1S/C21H34N4O3S.HI/c1-3-22-21(24-19-11-13-25(14-12-19)29(26,27)4-2)23-15-18-7-5-6-8-20(18)28-16-17-9-10-17;/h5-8,17,19H,3-4,9-16H2,1-2H3,(H2,22,23,24);1H. The van der Waals surface area contributed by atoms with E-state index in [1.54, 1.807) is 11.2 Å². The van der Waals surface area contributed by atoms with Gasteiger partial charge in [-0.1, -0.05) is 18.2 Å². The summed E-state index contributed by atoms with van der Waals surface area (Å²) < 4.78 is 31.7. The molecule has 0 radical (unpaired) electrons. The van der Waals surface area contributed by atoms with Crippen LogP contribution in [0.15, 0.2) is 29.3 Å². The van der Waals surface area contributed by atoms with E-state index in [1.165, 1.54) is 12.8 Å². The lowest BCUT2D eigenvalue weighted by molar-refractivity contribution is 0.297. The Morgan fingerprint density at radius 3 is 2.50 bits per heavy atom.